The molecule has 6 amide bonds. The number of nitrogens with two attached hydrogens (primary N) is 1. The highest BCUT2D eigenvalue weighted by Crippen LogP contribution is 2.12. The van der Waals surface area contributed by atoms with Gasteiger partial charge < -0.3 is 42.1 Å². The van der Waals surface area contributed by atoms with Crippen LogP contribution in [0.1, 0.15) is 38.7 Å². The number of aliphatic carboxylic acids is 2. The second-order valence-electron chi connectivity index (χ2n) is 9.75. The number of nitrogens with one attached hydrogen (secondary N) is 5. The molecule has 0 aliphatic carbocycles. The Morgan fingerprint density at radius 3 is 2.14 bits per heavy atom. The van der Waals surface area contributed by atoms with Gasteiger partial charge >= 0.3 is 18.0 Å². The lowest BCUT2D eigenvalue weighted by Gasteiger charge is -2.30. The summed E-state index contributed by atoms with van der Waals surface area (Å²) in [5.74, 6) is -5.98. The third-order valence-corrected chi connectivity index (χ3v) is 6.21. The van der Waals surface area contributed by atoms with Crippen LogP contribution >= 0.6 is 0 Å². The van der Waals surface area contributed by atoms with Crippen LogP contribution in [0.5, 0.6) is 0 Å². The SMILES string of the molecule is CNC(=O)NC(N)=NCCC[C@H](NC(=O)[C@@H](C)NC(=O)[C@H](CC(=O)O)NC(C)=O)C(=O)N(C)[C@@H](Cc1ccccc1)C(=O)O. The number of nitrogens with zero attached hydrogens (tertiary/aromatic N) is 2. The largest absolute Gasteiger partial charge is 0.481 e. The first kappa shape index (κ1) is 36.8. The quantitative estimate of drug-likeness (QED) is 0.0580. The number of aliphatic imine (C=N–C) groups is 1. The summed E-state index contributed by atoms with van der Waals surface area (Å²) in [7, 11) is 2.68. The van der Waals surface area contributed by atoms with Gasteiger partial charge in [0.15, 0.2) is 5.96 Å². The zero-order valence-corrected chi connectivity index (χ0v) is 25.0. The van der Waals surface area contributed by atoms with E-state index in [0.29, 0.717) is 5.56 Å². The van der Waals surface area contributed by atoms with Crippen molar-refractivity contribution in [2.75, 3.05) is 20.6 Å². The third kappa shape index (κ3) is 13.2. The van der Waals surface area contributed by atoms with Crippen molar-refractivity contribution in [1.29, 1.82) is 0 Å². The summed E-state index contributed by atoms with van der Waals surface area (Å²) in [5.41, 5.74) is 6.30. The topological polar surface area (TPSA) is 262 Å². The number of hydrogen-bond donors (Lipinski definition) is 8. The Hall–Kier alpha value is -5.22. The molecule has 0 radical (unpaired) electrons. The lowest BCUT2D eigenvalue weighted by Crippen LogP contribution is -2.57. The maximum Gasteiger partial charge on any atom is 0.326 e. The highest BCUT2D eigenvalue weighted by atomic mass is 16.4. The van der Waals surface area contributed by atoms with Gasteiger partial charge in [0.2, 0.25) is 23.6 Å². The van der Waals surface area contributed by atoms with Crippen LogP contribution in [0.2, 0.25) is 0 Å². The van der Waals surface area contributed by atoms with E-state index < -0.39 is 72.2 Å². The number of amides is 6. The predicted molar refractivity (Wildman–Crippen MR) is 157 cm³/mol. The van der Waals surface area contributed by atoms with Crippen molar-refractivity contribution in [2.24, 2.45) is 10.7 Å². The number of carboxylic acid groups (broad SMARTS) is 2. The molecule has 0 aliphatic rings. The number of likely N-dealkylation sites (N-methyl/N-ethyl adjacent to an activating group) is 1. The van der Waals surface area contributed by atoms with Crippen molar-refractivity contribution >= 4 is 47.6 Å². The van der Waals surface area contributed by atoms with Gasteiger partial charge in [-0.3, -0.25) is 34.3 Å². The Morgan fingerprint density at radius 1 is 0.955 bits per heavy atom. The molecule has 1 rings (SSSR count). The molecule has 17 heteroatoms. The summed E-state index contributed by atoms with van der Waals surface area (Å²) < 4.78 is 0. The smallest absolute Gasteiger partial charge is 0.326 e. The molecule has 0 spiro atoms. The van der Waals surface area contributed by atoms with E-state index in [1.807, 2.05) is 0 Å². The van der Waals surface area contributed by atoms with Gasteiger partial charge in [-0.25, -0.2) is 9.59 Å². The summed E-state index contributed by atoms with van der Waals surface area (Å²) in [5, 5.41) is 30.5. The van der Waals surface area contributed by atoms with E-state index in [9.17, 15) is 38.7 Å². The van der Waals surface area contributed by atoms with Crippen molar-refractivity contribution < 1.29 is 43.8 Å². The number of rotatable bonds is 16. The average molecular weight is 621 g/mol. The summed E-state index contributed by atoms with van der Waals surface area (Å²) in [4.78, 5) is 90.2. The van der Waals surface area contributed by atoms with Crippen LogP contribution in [-0.2, 0) is 35.2 Å². The normalized spacial score (nSPS) is 13.7. The standard InChI is InChI=1S/C27H40N8O9/c1-15(31-23(40)19(14-21(37)38)32-16(2)36)22(39)33-18(11-8-12-30-26(28)34-27(44)29-3)24(41)35(4)20(25(42)43)13-17-9-6-5-7-10-17/h5-7,9-10,15,18-20H,8,11-14H2,1-4H3,(H,31,40)(H,32,36)(H,33,39)(H,37,38)(H,42,43)(H4,28,29,30,34,44)/t15-,18+,19+,20+/m1/s1. The van der Waals surface area contributed by atoms with Gasteiger partial charge in [-0.2, -0.15) is 0 Å². The molecule has 0 saturated carbocycles. The molecular weight excluding hydrogens is 580 g/mol. The average Bonchev–Trinajstić information content (AvgIpc) is 2.95. The van der Waals surface area contributed by atoms with Crippen molar-refractivity contribution in [1.82, 2.24) is 31.5 Å². The molecular formula is C27H40N8O9. The Kier molecular flexibility index (Phi) is 15.3. The molecule has 44 heavy (non-hydrogen) atoms. The molecule has 1 aromatic carbocycles. The van der Waals surface area contributed by atoms with Crippen molar-refractivity contribution in [3.63, 3.8) is 0 Å². The monoisotopic (exact) mass is 620 g/mol. The molecule has 0 saturated heterocycles. The van der Waals surface area contributed by atoms with Crippen LogP contribution < -0.4 is 32.3 Å². The second kappa shape index (κ2) is 18.3. The van der Waals surface area contributed by atoms with E-state index in [2.05, 4.69) is 31.6 Å². The van der Waals surface area contributed by atoms with E-state index in [-0.39, 0.29) is 31.8 Å². The Balaban J connectivity index is 3.12. The second-order valence-corrected chi connectivity index (χ2v) is 9.75. The lowest BCUT2D eigenvalue weighted by molar-refractivity contribution is -0.150. The molecule has 9 N–H and O–H groups in total. The van der Waals surface area contributed by atoms with Gasteiger partial charge in [-0.15, -0.1) is 0 Å². The third-order valence-electron chi connectivity index (χ3n) is 6.21. The van der Waals surface area contributed by atoms with Gasteiger partial charge in [0.1, 0.15) is 24.2 Å². The number of carbonyl (C=O) groups is 7. The number of guanidine groups is 1. The number of hydrogen-bond acceptors (Lipinski definition) is 8. The van der Waals surface area contributed by atoms with E-state index in [0.717, 1.165) is 11.8 Å². The zero-order chi connectivity index (χ0) is 33.4. The molecule has 0 aliphatic heterocycles. The number of carboxylic acids is 2. The fraction of sp³-hybridized carbons (Fsp3) is 0.481. The van der Waals surface area contributed by atoms with Gasteiger partial charge in [-0.05, 0) is 25.3 Å². The first-order valence-corrected chi connectivity index (χ1v) is 13.6. The number of carbonyl (C=O) groups excluding carboxylic acids is 5. The van der Waals surface area contributed by atoms with Crippen LogP contribution in [0.15, 0.2) is 35.3 Å². The van der Waals surface area contributed by atoms with E-state index in [1.165, 1.54) is 21.0 Å². The van der Waals surface area contributed by atoms with Gasteiger partial charge in [0, 0.05) is 34.0 Å². The van der Waals surface area contributed by atoms with Gasteiger partial charge in [0.25, 0.3) is 0 Å². The minimum absolute atomic E-state index is 0.00829. The molecule has 1 aromatic rings. The number of benzene rings is 1. The molecule has 0 bridgehead atoms. The molecule has 0 heterocycles. The van der Waals surface area contributed by atoms with Crippen molar-refractivity contribution in [3.05, 3.63) is 35.9 Å². The number of urea groups is 1. The van der Waals surface area contributed by atoms with Crippen molar-refractivity contribution in [3.8, 4) is 0 Å². The molecule has 0 aromatic heterocycles. The van der Waals surface area contributed by atoms with E-state index >= 15 is 0 Å². The first-order valence-electron chi connectivity index (χ1n) is 13.6. The van der Waals surface area contributed by atoms with Crippen LogP contribution in [-0.4, -0.2) is 107 Å². The first-order chi connectivity index (χ1) is 20.7. The van der Waals surface area contributed by atoms with E-state index in [4.69, 9.17) is 10.8 Å². The fourth-order valence-corrected chi connectivity index (χ4v) is 3.90. The summed E-state index contributed by atoms with van der Waals surface area (Å²) >= 11 is 0. The van der Waals surface area contributed by atoms with Gasteiger partial charge in [-0.1, -0.05) is 30.3 Å². The Labute approximate surface area is 254 Å². The lowest BCUT2D eigenvalue weighted by atomic mass is 10.0. The molecule has 242 valence electrons. The predicted octanol–water partition coefficient (Wildman–Crippen LogP) is -1.87. The fourth-order valence-electron chi connectivity index (χ4n) is 3.90. The van der Waals surface area contributed by atoms with Crippen LogP contribution in [0.3, 0.4) is 0 Å². The summed E-state index contributed by atoms with van der Waals surface area (Å²) in [6.45, 7) is 2.42. The minimum atomic E-state index is -1.45. The van der Waals surface area contributed by atoms with Crippen LogP contribution in [0, 0.1) is 0 Å². The maximum absolute atomic E-state index is 13.5. The van der Waals surface area contributed by atoms with E-state index in [1.54, 1.807) is 30.3 Å². The van der Waals surface area contributed by atoms with Gasteiger partial charge in [0.05, 0.1) is 6.42 Å². The Morgan fingerprint density at radius 2 is 1.59 bits per heavy atom. The molecule has 0 fully saturated rings. The maximum atomic E-state index is 13.5. The molecule has 17 nitrogen and oxygen atoms in total. The Bertz CT molecular complexity index is 1210. The highest BCUT2D eigenvalue weighted by molar-refractivity contribution is 5.96. The molecule has 4 atom stereocenters. The van der Waals surface area contributed by atoms with Crippen LogP contribution in [0.4, 0.5) is 4.79 Å². The van der Waals surface area contributed by atoms with Crippen molar-refractivity contribution in [2.45, 2.75) is 63.7 Å². The minimum Gasteiger partial charge on any atom is -0.481 e. The van der Waals surface area contributed by atoms with Crippen LogP contribution in [0.25, 0.3) is 0 Å². The summed E-state index contributed by atoms with van der Waals surface area (Å²) in [6.07, 6.45) is -0.605. The summed E-state index contributed by atoms with van der Waals surface area (Å²) in [6, 6.07) is 2.78. The highest BCUT2D eigenvalue weighted by Gasteiger charge is 2.33. The molecule has 0 unspecified atom stereocenters. The zero-order valence-electron chi connectivity index (χ0n) is 25.0.